The van der Waals surface area contributed by atoms with Crippen LogP contribution in [0.1, 0.15) is 30.9 Å². The Hall–Kier alpha value is -2.07. The van der Waals surface area contributed by atoms with Gasteiger partial charge >= 0.3 is 0 Å². The SMILES string of the molecule is Cc1ccc(CN(C)CC(=O)N(Cc2ccccc2)C(C)C)o1. The van der Waals surface area contributed by atoms with Gasteiger partial charge < -0.3 is 9.32 Å². The predicted molar refractivity (Wildman–Crippen MR) is 91.9 cm³/mol. The van der Waals surface area contributed by atoms with Gasteiger partial charge in [0.15, 0.2) is 0 Å². The zero-order valence-electron chi connectivity index (χ0n) is 14.5. The standard InChI is InChI=1S/C19H26N2O2/c1-15(2)21(12-17-8-6-5-7-9-17)19(22)14-20(4)13-18-11-10-16(3)23-18/h5-11,15H,12-14H2,1-4H3. The van der Waals surface area contributed by atoms with Crippen molar-refractivity contribution >= 4 is 5.91 Å². The fraction of sp³-hybridized carbons (Fsp3) is 0.421. The second-order valence-electron chi connectivity index (χ2n) is 6.29. The minimum Gasteiger partial charge on any atom is -0.465 e. The Balaban J connectivity index is 1.95. The van der Waals surface area contributed by atoms with Crippen molar-refractivity contribution in [3.63, 3.8) is 0 Å². The molecule has 1 aromatic carbocycles. The minimum absolute atomic E-state index is 0.134. The second-order valence-corrected chi connectivity index (χ2v) is 6.29. The van der Waals surface area contributed by atoms with Gasteiger partial charge in [0.05, 0.1) is 13.1 Å². The average molecular weight is 314 g/mol. The number of benzene rings is 1. The van der Waals surface area contributed by atoms with Crippen molar-refractivity contribution in [3.8, 4) is 0 Å². The summed E-state index contributed by atoms with van der Waals surface area (Å²) in [5.41, 5.74) is 1.15. The number of likely N-dealkylation sites (N-methyl/N-ethyl adjacent to an activating group) is 1. The van der Waals surface area contributed by atoms with E-state index in [2.05, 4.69) is 26.0 Å². The van der Waals surface area contributed by atoms with E-state index in [9.17, 15) is 4.79 Å². The number of aryl methyl sites for hydroxylation is 1. The van der Waals surface area contributed by atoms with E-state index in [1.165, 1.54) is 0 Å². The quantitative estimate of drug-likeness (QED) is 0.785. The first kappa shape index (κ1) is 17.3. The lowest BCUT2D eigenvalue weighted by Crippen LogP contribution is -2.42. The first-order valence-corrected chi connectivity index (χ1v) is 8.03. The first-order valence-electron chi connectivity index (χ1n) is 8.03. The maximum absolute atomic E-state index is 12.6. The molecule has 4 heteroatoms. The molecule has 0 radical (unpaired) electrons. The van der Waals surface area contributed by atoms with E-state index in [-0.39, 0.29) is 11.9 Å². The van der Waals surface area contributed by atoms with Crippen LogP contribution in [0.5, 0.6) is 0 Å². The molecule has 0 N–H and O–H groups in total. The summed E-state index contributed by atoms with van der Waals surface area (Å²) in [6.07, 6.45) is 0. The molecule has 0 aliphatic rings. The van der Waals surface area contributed by atoms with Crippen LogP contribution in [0.2, 0.25) is 0 Å². The molecule has 1 amide bonds. The Morgan fingerprint density at radius 2 is 1.78 bits per heavy atom. The summed E-state index contributed by atoms with van der Waals surface area (Å²) in [4.78, 5) is 16.6. The van der Waals surface area contributed by atoms with Crippen LogP contribution in [0.15, 0.2) is 46.9 Å². The number of hydrogen-bond acceptors (Lipinski definition) is 3. The van der Waals surface area contributed by atoms with Crippen LogP contribution in [-0.2, 0) is 17.9 Å². The monoisotopic (exact) mass is 314 g/mol. The number of furan rings is 1. The second kappa shape index (κ2) is 7.97. The molecule has 0 atom stereocenters. The normalized spacial score (nSPS) is 11.2. The molecule has 0 saturated heterocycles. The van der Waals surface area contributed by atoms with Gasteiger partial charge in [0.1, 0.15) is 11.5 Å². The Morgan fingerprint density at radius 1 is 1.09 bits per heavy atom. The highest BCUT2D eigenvalue weighted by Gasteiger charge is 2.19. The van der Waals surface area contributed by atoms with Crippen LogP contribution in [0.4, 0.5) is 0 Å². The number of amides is 1. The van der Waals surface area contributed by atoms with E-state index in [1.54, 1.807) is 0 Å². The summed E-state index contributed by atoms with van der Waals surface area (Å²) in [5.74, 6) is 1.92. The van der Waals surface area contributed by atoms with Crippen molar-refractivity contribution in [1.29, 1.82) is 0 Å². The van der Waals surface area contributed by atoms with Gasteiger partial charge in [0, 0.05) is 12.6 Å². The van der Waals surface area contributed by atoms with Crippen LogP contribution >= 0.6 is 0 Å². The van der Waals surface area contributed by atoms with Crippen molar-refractivity contribution in [2.45, 2.75) is 39.9 Å². The van der Waals surface area contributed by atoms with Crippen molar-refractivity contribution < 1.29 is 9.21 Å². The van der Waals surface area contributed by atoms with Crippen molar-refractivity contribution in [3.05, 3.63) is 59.5 Å². The number of rotatable bonds is 7. The van der Waals surface area contributed by atoms with Gasteiger partial charge in [0.2, 0.25) is 5.91 Å². The fourth-order valence-corrected chi connectivity index (χ4v) is 2.55. The van der Waals surface area contributed by atoms with Crippen LogP contribution in [0.3, 0.4) is 0 Å². The molecule has 0 spiro atoms. The van der Waals surface area contributed by atoms with E-state index in [4.69, 9.17) is 4.42 Å². The molecule has 4 nitrogen and oxygen atoms in total. The first-order chi connectivity index (χ1) is 11.0. The van der Waals surface area contributed by atoms with Gasteiger partial charge in [-0.2, -0.15) is 0 Å². The summed E-state index contributed by atoms with van der Waals surface area (Å²) in [7, 11) is 1.94. The van der Waals surface area contributed by atoms with E-state index in [1.807, 2.05) is 54.1 Å². The zero-order valence-corrected chi connectivity index (χ0v) is 14.5. The molecule has 1 heterocycles. The van der Waals surface area contributed by atoms with Gasteiger partial charge in [-0.25, -0.2) is 0 Å². The summed E-state index contributed by atoms with van der Waals surface area (Å²) in [6, 6.07) is 14.2. The lowest BCUT2D eigenvalue weighted by Gasteiger charge is -2.29. The summed E-state index contributed by atoms with van der Waals surface area (Å²) < 4.78 is 5.57. The minimum atomic E-state index is 0.134. The molecule has 124 valence electrons. The molecule has 0 aliphatic heterocycles. The van der Waals surface area contributed by atoms with Gasteiger partial charge in [-0.05, 0) is 45.5 Å². The van der Waals surface area contributed by atoms with Crippen molar-refractivity contribution in [2.75, 3.05) is 13.6 Å². The lowest BCUT2D eigenvalue weighted by molar-refractivity contribution is -0.134. The molecular formula is C19H26N2O2. The van der Waals surface area contributed by atoms with E-state index in [0.717, 1.165) is 17.1 Å². The molecule has 0 bridgehead atoms. The van der Waals surface area contributed by atoms with Gasteiger partial charge in [-0.15, -0.1) is 0 Å². The highest BCUT2D eigenvalue weighted by atomic mass is 16.3. The Morgan fingerprint density at radius 3 is 2.35 bits per heavy atom. The highest BCUT2D eigenvalue weighted by molar-refractivity contribution is 5.78. The van der Waals surface area contributed by atoms with Crippen LogP contribution < -0.4 is 0 Å². The Labute approximate surface area is 138 Å². The molecule has 0 fully saturated rings. The molecule has 2 aromatic rings. The van der Waals surface area contributed by atoms with Crippen LogP contribution in [0.25, 0.3) is 0 Å². The molecule has 2 rings (SSSR count). The van der Waals surface area contributed by atoms with E-state index in [0.29, 0.717) is 19.6 Å². The number of hydrogen-bond donors (Lipinski definition) is 0. The predicted octanol–water partition coefficient (Wildman–Crippen LogP) is 3.46. The number of carbonyl (C=O) groups is 1. The van der Waals surface area contributed by atoms with Gasteiger partial charge in [-0.1, -0.05) is 30.3 Å². The third-order valence-corrected chi connectivity index (χ3v) is 3.77. The topological polar surface area (TPSA) is 36.7 Å². The van der Waals surface area contributed by atoms with Crippen LogP contribution in [0, 0.1) is 6.92 Å². The van der Waals surface area contributed by atoms with Gasteiger partial charge in [0.25, 0.3) is 0 Å². The molecule has 1 aromatic heterocycles. The summed E-state index contributed by atoms with van der Waals surface area (Å²) >= 11 is 0. The van der Waals surface area contributed by atoms with E-state index >= 15 is 0 Å². The maximum atomic E-state index is 12.6. The largest absolute Gasteiger partial charge is 0.465 e. The Bertz CT molecular complexity index is 619. The van der Waals surface area contributed by atoms with E-state index < -0.39 is 0 Å². The average Bonchev–Trinajstić information content (AvgIpc) is 2.90. The summed E-state index contributed by atoms with van der Waals surface area (Å²) in [5, 5.41) is 0. The number of carbonyl (C=O) groups excluding carboxylic acids is 1. The zero-order chi connectivity index (χ0) is 16.8. The summed E-state index contributed by atoms with van der Waals surface area (Å²) in [6.45, 7) is 7.69. The van der Waals surface area contributed by atoms with Crippen molar-refractivity contribution in [1.82, 2.24) is 9.80 Å². The molecule has 23 heavy (non-hydrogen) atoms. The number of nitrogens with zero attached hydrogens (tertiary/aromatic N) is 2. The maximum Gasteiger partial charge on any atom is 0.237 e. The molecule has 0 saturated carbocycles. The lowest BCUT2D eigenvalue weighted by atomic mass is 10.2. The Kier molecular flexibility index (Phi) is 5.99. The molecular weight excluding hydrogens is 288 g/mol. The van der Waals surface area contributed by atoms with Gasteiger partial charge in [-0.3, -0.25) is 9.69 Å². The fourth-order valence-electron chi connectivity index (χ4n) is 2.55. The highest BCUT2D eigenvalue weighted by Crippen LogP contribution is 2.11. The third kappa shape index (κ3) is 5.25. The van der Waals surface area contributed by atoms with Crippen LogP contribution in [-0.4, -0.2) is 35.3 Å². The molecule has 0 unspecified atom stereocenters. The van der Waals surface area contributed by atoms with Crippen molar-refractivity contribution in [2.24, 2.45) is 0 Å². The smallest absolute Gasteiger partial charge is 0.237 e. The third-order valence-electron chi connectivity index (χ3n) is 3.77. The molecule has 0 aliphatic carbocycles.